The van der Waals surface area contributed by atoms with Gasteiger partial charge in [0.1, 0.15) is 11.1 Å². The van der Waals surface area contributed by atoms with Gasteiger partial charge in [0.2, 0.25) is 0 Å². The maximum Gasteiger partial charge on any atom is 0.324 e. The number of carbonyl (C=O) groups excluding carboxylic acids is 1. The summed E-state index contributed by atoms with van der Waals surface area (Å²) in [4.78, 5) is 23.3. The predicted octanol–water partition coefficient (Wildman–Crippen LogP) is 2.44. The van der Waals surface area contributed by atoms with Crippen LogP contribution in [0.25, 0.3) is 0 Å². The standard InChI is InChI=1S/C17H25NO4/c1-12-5-7-13(8-6-12)11-17(18,15(20)21)10-9-14(19)22-16(2,3)4/h5-8H,9-11,18H2,1-4H3,(H,20,21). The average molecular weight is 307 g/mol. The average Bonchev–Trinajstić information content (AvgIpc) is 2.37. The topological polar surface area (TPSA) is 89.6 Å². The van der Waals surface area contributed by atoms with Crippen molar-refractivity contribution in [1.82, 2.24) is 0 Å². The number of carbonyl (C=O) groups is 2. The van der Waals surface area contributed by atoms with Crippen molar-refractivity contribution in [2.45, 2.75) is 58.1 Å². The summed E-state index contributed by atoms with van der Waals surface area (Å²) in [6.07, 6.45) is 0.183. The molecule has 0 radical (unpaired) electrons. The molecule has 0 amide bonds. The van der Waals surface area contributed by atoms with Gasteiger partial charge in [-0.2, -0.15) is 0 Å². The minimum absolute atomic E-state index is 0.0219. The SMILES string of the molecule is Cc1ccc(CC(N)(CCC(=O)OC(C)(C)C)C(=O)O)cc1. The van der Waals surface area contributed by atoms with Gasteiger partial charge in [-0.25, -0.2) is 0 Å². The first kappa shape index (κ1) is 18.2. The predicted molar refractivity (Wildman–Crippen MR) is 84.5 cm³/mol. The molecule has 5 nitrogen and oxygen atoms in total. The molecule has 0 heterocycles. The van der Waals surface area contributed by atoms with Crippen molar-refractivity contribution in [2.24, 2.45) is 5.73 Å². The Balaban J connectivity index is 2.73. The number of esters is 1. The number of hydrogen-bond acceptors (Lipinski definition) is 4. The molecule has 0 saturated heterocycles. The van der Waals surface area contributed by atoms with Crippen LogP contribution in [0.4, 0.5) is 0 Å². The lowest BCUT2D eigenvalue weighted by molar-refractivity contribution is -0.155. The monoisotopic (exact) mass is 307 g/mol. The van der Waals surface area contributed by atoms with Crippen LogP contribution in [0.1, 0.15) is 44.7 Å². The van der Waals surface area contributed by atoms with E-state index in [1.165, 1.54) is 0 Å². The summed E-state index contributed by atoms with van der Waals surface area (Å²) in [7, 11) is 0. The Bertz CT molecular complexity index is 531. The molecule has 0 aliphatic carbocycles. The molecule has 22 heavy (non-hydrogen) atoms. The van der Waals surface area contributed by atoms with E-state index in [2.05, 4.69) is 0 Å². The number of nitrogens with two attached hydrogens (primary N) is 1. The van der Waals surface area contributed by atoms with E-state index in [1.807, 2.05) is 31.2 Å². The first-order valence-corrected chi connectivity index (χ1v) is 7.31. The Morgan fingerprint density at radius 3 is 2.18 bits per heavy atom. The Labute approximate surface area is 131 Å². The molecule has 1 rings (SSSR count). The lowest BCUT2D eigenvalue weighted by Crippen LogP contribution is -2.50. The first-order chi connectivity index (χ1) is 10.0. The number of benzene rings is 1. The van der Waals surface area contributed by atoms with E-state index in [0.29, 0.717) is 0 Å². The van der Waals surface area contributed by atoms with Crippen LogP contribution in [0.3, 0.4) is 0 Å². The smallest absolute Gasteiger partial charge is 0.324 e. The van der Waals surface area contributed by atoms with Gasteiger partial charge < -0.3 is 15.6 Å². The minimum Gasteiger partial charge on any atom is -0.480 e. The fourth-order valence-electron chi connectivity index (χ4n) is 2.06. The van der Waals surface area contributed by atoms with Gasteiger partial charge >= 0.3 is 11.9 Å². The zero-order chi connectivity index (χ0) is 17.0. The zero-order valence-electron chi connectivity index (χ0n) is 13.7. The van der Waals surface area contributed by atoms with Crippen molar-refractivity contribution >= 4 is 11.9 Å². The molecule has 1 aromatic rings. The van der Waals surface area contributed by atoms with E-state index in [4.69, 9.17) is 10.5 Å². The maximum absolute atomic E-state index is 11.8. The van der Waals surface area contributed by atoms with Gasteiger partial charge in [-0.15, -0.1) is 0 Å². The maximum atomic E-state index is 11.8. The molecule has 122 valence electrons. The molecule has 0 bridgehead atoms. The Morgan fingerprint density at radius 2 is 1.73 bits per heavy atom. The van der Waals surface area contributed by atoms with Crippen molar-refractivity contribution in [3.8, 4) is 0 Å². The summed E-state index contributed by atoms with van der Waals surface area (Å²) in [5.41, 5.74) is 5.87. The summed E-state index contributed by atoms with van der Waals surface area (Å²) in [5.74, 6) is -1.55. The van der Waals surface area contributed by atoms with Crippen molar-refractivity contribution in [2.75, 3.05) is 0 Å². The van der Waals surface area contributed by atoms with Gasteiger partial charge in [-0.05, 0) is 39.7 Å². The molecule has 5 heteroatoms. The van der Waals surface area contributed by atoms with E-state index in [0.717, 1.165) is 11.1 Å². The molecule has 0 aliphatic rings. The number of hydrogen-bond donors (Lipinski definition) is 2. The lowest BCUT2D eigenvalue weighted by atomic mass is 9.87. The molecule has 0 saturated carbocycles. The highest BCUT2D eigenvalue weighted by atomic mass is 16.6. The summed E-state index contributed by atoms with van der Waals surface area (Å²) < 4.78 is 5.19. The number of ether oxygens (including phenoxy) is 1. The van der Waals surface area contributed by atoms with Crippen LogP contribution in [0.2, 0.25) is 0 Å². The molecule has 0 fully saturated rings. The van der Waals surface area contributed by atoms with E-state index >= 15 is 0 Å². The van der Waals surface area contributed by atoms with Gasteiger partial charge in [0.25, 0.3) is 0 Å². The molecule has 0 aliphatic heterocycles. The highest BCUT2D eigenvalue weighted by Gasteiger charge is 2.35. The second kappa shape index (κ2) is 6.92. The molecular weight excluding hydrogens is 282 g/mol. The fraction of sp³-hybridized carbons (Fsp3) is 0.529. The van der Waals surface area contributed by atoms with E-state index in [1.54, 1.807) is 20.8 Å². The molecule has 3 N–H and O–H groups in total. The number of aryl methyl sites for hydroxylation is 1. The van der Waals surface area contributed by atoms with Crippen molar-refractivity contribution < 1.29 is 19.4 Å². The normalized spacial score (nSPS) is 14.2. The summed E-state index contributed by atoms with van der Waals surface area (Å²) >= 11 is 0. The van der Waals surface area contributed by atoms with Crippen LogP contribution < -0.4 is 5.73 Å². The highest BCUT2D eigenvalue weighted by molar-refractivity contribution is 5.80. The number of aliphatic carboxylic acids is 1. The van der Waals surface area contributed by atoms with Gasteiger partial charge in [0, 0.05) is 12.8 Å². The van der Waals surface area contributed by atoms with E-state index in [9.17, 15) is 14.7 Å². The van der Waals surface area contributed by atoms with Crippen molar-refractivity contribution in [1.29, 1.82) is 0 Å². The summed E-state index contributed by atoms with van der Waals surface area (Å²) in [6.45, 7) is 7.26. The molecular formula is C17H25NO4. The molecule has 1 aromatic carbocycles. The van der Waals surface area contributed by atoms with Gasteiger partial charge in [0.15, 0.2) is 0 Å². The van der Waals surface area contributed by atoms with Crippen LogP contribution in [-0.4, -0.2) is 28.2 Å². The number of carboxylic acids is 1. The highest BCUT2D eigenvalue weighted by Crippen LogP contribution is 2.19. The van der Waals surface area contributed by atoms with Crippen LogP contribution in [0.15, 0.2) is 24.3 Å². The largest absolute Gasteiger partial charge is 0.480 e. The van der Waals surface area contributed by atoms with E-state index < -0.39 is 23.1 Å². The van der Waals surface area contributed by atoms with Crippen LogP contribution in [0, 0.1) is 6.92 Å². The molecule has 1 unspecified atom stereocenters. The second-order valence-corrected chi connectivity index (χ2v) is 6.71. The molecule has 0 spiro atoms. The third-order valence-electron chi connectivity index (χ3n) is 3.26. The third kappa shape index (κ3) is 5.85. The zero-order valence-corrected chi connectivity index (χ0v) is 13.7. The minimum atomic E-state index is -1.48. The molecule has 0 aromatic heterocycles. The van der Waals surface area contributed by atoms with Gasteiger partial charge in [0.05, 0.1) is 0 Å². The second-order valence-electron chi connectivity index (χ2n) is 6.71. The third-order valence-corrected chi connectivity index (χ3v) is 3.26. The van der Waals surface area contributed by atoms with Gasteiger partial charge in [-0.3, -0.25) is 9.59 Å². The van der Waals surface area contributed by atoms with E-state index in [-0.39, 0.29) is 19.3 Å². The van der Waals surface area contributed by atoms with Crippen LogP contribution in [-0.2, 0) is 20.7 Å². The van der Waals surface area contributed by atoms with Crippen LogP contribution in [0.5, 0.6) is 0 Å². The fourth-order valence-corrected chi connectivity index (χ4v) is 2.06. The number of carboxylic acid groups (broad SMARTS) is 1. The van der Waals surface area contributed by atoms with Crippen molar-refractivity contribution in [3.05, 3.63) is 35.4 Å². The molecule has 1 atom stereocenters. The van der Waals surface area contributed by atoms with Crippen LogP contribution >= 0.6 is 0 Å². The quantitative estimate of drug-likeness (QED) is 0.788. The number of rotatable bonds is 6. The summed E-state index contributed by atoms with van der Waals surface area (Å²) in [6, 6.07) is 7.53. The summed E-state index contributed by atoms with van der Waals surface area (Å²) in [5, 5.41) is 9.42. The van der Waals surface area contributed by atoms with Crippen molar-refractivity contribution in [3.63, 3.8) is 0 Å². The van der Waals surface area contributed by atoms with Gasteiger partial charge in [-0.1, -0.05) is 29.8 Å². The lowest BCUT2D eigenvalue weighted by Gasteiger charge is -2.26. The Morgan fingerprint density at radius 1 is 1.18 bits per heavy atom. The Hall–Kier alpha value is -1.88. The Kier molecular flexibility index (Phi) is 5.72. The first-order valence-electron chi connectivity index (χ1n) is 7.31.